The maximum atomic E-state index is 12.2. The Labute approximate surface area is 184 Å². The van der Waals surface area contributed by atoms with Crippen LogP contribution in [0.5, 0.6) is 0 Å². The van der Waals surface area contributed by atoms with Crippen LogP contribution in [0, 0.1) is 0 Å². The summed E-state index contributed by atoms with van der Waals surface area (Å²) < 4.78 is 29.0. The molecule has 0 unspecified atom stereocenters. The zero-order chi connectivity index (χ0) is 19.5. The minimum Gasteiger partial charge on any atom is -0.378 e. The third-order valence-electron chi connectivity index (χ3n) is 5.15. The van der Waals surface area contributed by atoms with Crippen LogP contribution in [0.4, 0.5) is 5.82 Å². The van der Waals surface area contributed by atoms with Crippen LogP contribution in [0.1, 0.15) is 19.4 Å². The molecular weight excluding hydrogens is 493 g/mol. The predicted octanol–water partition coefficient (Wildman–Crippen LogP) is 1.12. The number of anilines is 1. The molecule has 2 aliphatic heterocycles. The highest BCUT2D eigenvalue weighted by atomic mass is 127. The summed E-state index contributed by atoms with van der Waals surface area (Å²) in [6.45, 7) is 8.24. The number of sulfone groups is 1. The molecule has 158 valence electrons. The molecule has 8 nitrogen and oxygen atoms in total. The Kier molecular flexibility index (Phi) is 7.91. The zero-order valence-corrected chi connectivity index (χ0v) is 19.9. The molecule has 0 radical (unpaired) electrons. The van der Waals surface area contributed by atoms with Crippen molar-refractivity contribution in [2.75, 3.05) is 57.1 Å². The summed E-state index contributed by atoms with van der Waals surface area (Å²) in [6, 6.07) is 4.09. The van der Waals surface area contributed by atoms with Crippen molar-refractivity contribution in [3.63, 3.8) is 0 Å². The normalized spacial score (nSPS) is 21.8. The molecule has 0 bridgehead atoms. The summed E-state index contributed by atoms with van der Waals surface area (Å²) in [4.78, 5) is 13.1. The van der Waals surface area contributed by atoms with Gasteiger partial charge in [0.05, 0.1) is 23.7 Å². The van der Waals surface area contributed by atoms with Gasteiger partial charge in [-0.1, -0.05) is 6.07 Å². The summed E-state index contributed by atoms with van der Waals surface area (Å²) in [7, 11) is -1.35. The van der Waals surface area contributed by atoms with Crippen LogP contribution < -0.4 is 10.2 Å². The monoisotopic (exact) mass is 523 g/mol. The minimum atomic E-state index is -3.07. The van der Waals surface area contributed by atoms with Gasteiger partial charge in [-0.15, -0.1) is 24.0 Å². The first kappa shape index (κ1) is 23.1. The van der Waals surface area contributed by atoms with Gasteiger partial charge in [-0.25, -0.2) is 13.4 Å². The van der Waals surface area contributed by atoms with Gasteiger partial charge in [0, 0.05) is 46.0 Å². The summed E-state index contributed by atoms with van der Waals surface area (Å²) in [6.07, 6.45) is 1.87. The van der Waals surface area contributed by atoms with E-state index < -0.39 is 14.6 Å². The smallest absolute Gasteiger partial charge is 0.193 e. The molecule has 3 rings (SSSR count). The van der Waals surface area contributed by atoms with Gasteiger partial charge in [0.25, 0.3) is 0 Å². The molecule has 0 saturated carbocycles. The molecule has 28 heavy (non-hydrogen) atoms. The number of rotatable bonds is 3. The fourth-order valence-electron chi connectivity index (χ4n) is 3.34. The van der Waals surface area contributed by atoms with E-state index >= 15 is 0 Å². The van der Waals surface area contributed by atoms with E-state index in [4.69, 9.17) is 4.74 Å². The summed E-state index contributed by atoms with van der Waals surface area (Å²) in [5, 5.41) is 3.33. The van der Waals surface area contributed by atoms with Crippen molar-refractivity contribution in [2.45, 2.75) is 25.1 Å². The Morgan fingerprint density at radius 2 is 2.00 bits per heavy atom. The van der Waals surface area contributed by atoms with Gasteiger partial charge in [0.2, 0.25) is 0 Å². The Balaban J connectivity index is 0.00000280. The van der Waals surface area contributed by atoms with Gasteiger partial charge in [-0.05, 0) is 25.5 Å². The van der Waals surface area contributed by atoms with Crippen LogP contribution in [0.15, 0.2) is 23.3 Å². The third-order valence-corrected chi connectivity index (χ3v) is 7.68. The first-order valence-electron chi connectivity index (χ1n) is 9.28. The van der Waals surface area contributed by atoms with Crippen molar-refractivity contribution in [1.29, 1.82) is 0 Å². The SMILES string of the molecule is CN=C(NCc1ccc(N2CCOCC2)nc1)N1CCS(=O)(=O)C(C)(C)C1.I. The fraction of sp³-hybridized carbons (Fsp3) is 0.667. The van der Waals surface area contributed by atoms with Gasteiger partial charge in [0.1, 0.15) is 5.82 Å². The number of ether oxygens (including phenoxy) is 1. The zero-order valence-electron chi connectivity index (χ0n) is 16.7. The number of guanidine groups is 1. The molecule has 3 heterocycles. The average molecular weight is 523 g/mol. The summed E-state index contributed by atoms with van der Waals surface area (Å²) in [5.41, 5.74) is 1.05. The van der Waals surface area contributed by atoms with E-state index in [1.165, 1.54) is 0 Å². The van der Waals surface area contributed by atoms with Gasteiger partial charge in [-0.3, -0.25) is 4.99 Å². The van der Waals surface area contributed by atoms with Gasteiger partial charge in [0.15, 0.2) is 15.8 Å². The number of morpholine rings is 1. The second kappa shape index (κ2) is 9.57. The molecule has 1 N–H and O–H groups in total. The van der Waals surface area contributed by atoms with E-state index in [9.17, 15) is 8.42 Å². The van der Waals surface area contributed by atoms with E-state index in [0.29, 0.717) is 19.6 Å². The molecule has 2 fully saturated rings. The number of nitrogens with zero attached hydrogens (tertiary/aromatic N) is 4. The minimum absolute atomic E-state index is 0. The Hall–Kier alpha value is -1.14. The van der Waals surface area contributed by atoms with Crippen molar-refractivity contribution in [3.05, 3.63) is 23.9 Å². The third kappa shape index (κ3) is 5.26. The maximum absolute atomic E-state index is 12.2. The highest BCUT2D eigenvalue weighted by molar-refractivity contribution is 14.0. The molecule has 10 heteroatoms. The lowest BCUT2D eigenvalue weighted by molar-refractivity contribution is 0.122. The standard InChI is InChI=1S/C18H29N5O3S.HI/c1-18(2)14-23(8-11-27(18,24)25)17(19-3)21-13-15-4-5-16(20-12-15)22-6-9-26-10-7-22;/h4-5,12H,6-11,13-14H2,1-3H3,(H,19,21);1H. The highest BCUT2D eigenvalue weighted by Gasteiger charge is 2.40. The van der Waals surface area contributed by atoms with Crippen LogP contribution >= 0.6 is 24.0 Å². The van der Waals surface area contributed by atoms with Crippen LogP contribution in [-0.2, 0) is 21.1 Å². The van der Waals surface area contributed by atoms with E-state index in [1.807, 2.05) is 17.2 Å². The van der Waals surface area contributed by atoms with Crippen molar-refractivity contribution in [2.24, 2.45) is 4.99 Å². The van der Waals surface area contributed by atoms with Crippen LogP contribution in [-0.4, -0.2) is 81.2 Å². The summed E-state index contributed by atoms with van der Waals surface area (Å²) in [5.74, 6) is 1.83. The maximum Gasteiger partial charge on any atom is 0.193 e. The van der Waals surface area contributed by atoms with Crippen LogP contribution in [0.3, 0.4) is 0 Å². The van der Waals surface area contributed by atoms with Crippen LogP contribution in [0.2, 0.25) is 0 Å². The van der Waals surface area contributed by atoms with E-state index in [1.54, 1.807) is 20.9 Å². The molecular formula is C18H30IN5O3S. The molecule has 0 aromatic carbocycles. The number of pyridine rings is 1. The number of hydrogen-bond donors (Lipinski definition) is 1. The quantitative estimate of drug-likeness (QED) is 0.361. The van der Waals surface area contributed by atoms with Crippen molar-refractivity contribution >= 4 is 45.6 Å². The first-order chi connectivity index (χ1) is 12.8. The fourth-order valence-corrected chi connectivity index (χ4v) is 4.70. The van der Waals surface area contributed by atoms with E-state index in [0.717, 1.165) is 43.6 Å². The lowest BCUT2D eigenvalue weighted by atomic mass is 10.2. The number of hydrogen-bond acceptors (Lipinski definition) is 6. The predicted molar refractivity (Wildman–Crippen MR) is 122 cm³/mol. The van der Waals surface area contributed by atoms with Gasteiger partial charge >= 0.3 is 0 Å². The van der Waals surface area contributed by atoms with Crippen molar-refractivity contribution in [1.82, 2.24) is 15.2 Å². The first-order valence-corrected chi connectivity index (χ1v) is 10.9. The molecule has 0 amide bonds. The van der Waals surface area contributed by atoms with Crippen molar-refractivity contribution in [3.8, 4) is 0 Å². The molecule has 0 aliphatic carbocycles. The van der Waals surface area contributed by atoms with Gasteiger partial charge in [-0.2, -0.15) is 0 Å². The molecule has 2 aliphatic rings. The lowest BCUT2D eigenvalue weighted by Gasteiger charge is -2.39. The topological polar surface area (TPSA) is 87.1 Å². The van der Waals surface area contributed by atoms with Crippen molar-refractivity contribution < 1.29 is 13.2 Å². The van der Waals surface area contributed by atoms with Gasteiger partial charge < -0.3 is 19.9 Å². The number of aromatic nitrogens is 1. The lowest BCUT2D eigenvalue weighted by Crippen LogP contribution is -2.57. The second-order valence-corrected chi connectivity index (χ2v) is 10.3. The highest BCUT2D eigenvalue weighted by Crippen LogP contribution is 2.23. The molecule has 1 aromatic rings. The Bertz CT molecular complexity index is 777. The van der Waals surface area contributed by atoms with E-state index in [-0.39, 0.29) is 29.7 Å². The molecule has 0 spiro atoms. The molecule has 0 atom stereocenters. The largest absolute Gasteiger partial charge is 0.378 e. The Morgan fingerprint density at radius 1 is 1.29 bits per heavy atom. The summed E-state index contributed by atoms with van der Waals surface area (Å²) >= 11 is 0. The molecule has 2 saturated heterocycles. The number of halogens is 1. The van der Waals surface area contributed by atoms with E-state index in [2.05, 4.69) is 26.3 Å². The second-order valence-electron chi connectivity index (χ2n) is 7.52. The Morgan fingerprint density at radius 3 is 2.57 bits per heavy atom. The average Bonchev–Trinajstić information content (AvgIpc) is 2.66. The number of aliphatic imine (C=N–C) groups is 1. The number of nitrogens with one attached hydrogen (secondary N) is 1. The molecule has 1 aromatic heterocycles. The van der Waals surface area contributed by atoms with Crippen LogP contribution in [0.25, 0.3) is 0 Å².